The Balaban J connectivity index is 1.44. The van der Waals surface area contributed by atoms with Gasteiger partial charge in [0, 0.05) is 15.6 Å². The van der Waals surface area contributed by atoms with Gasteiger partial charge in [-0.15, -0.1) is 11.3 Å². The number of ether oxygens (including phenoxy) is 1. The first-order chi connectivity index (χ1) is 12.7. The van der Waals surface area contributed by atoms with Gasteiger partial charge in [-0.3, -0.25) is 0 Å². The van der Waals surface area contributed by atoms with E-state index >= 15 is 0 Å². The maximum Gasteiger partial charge on any atom is 0.142 e. The van der Waals surface area contributed by atoms with Crippen LogP contribution in [0.2, 0.25) is 5.02 Å². The molecule has 0 bridgehead atoms. The third kappa shape index (κ3) is 3.79. The highest BCUT2D eigenvalue weighted by molar-refractivity contribution is 7.18. The fourth-order valence-corrected chi connectivity index (χ4v) is 3.57. The predicted molar refractivity (Wildman–Crippen MR) is 108 cm³/mol. The average molecular weight is 382 g/mol. The number of fused-ring (bicyclic) bond motifs is 1. The molecule has 0 unspecified atom stereocenters. The molecule has 0 saturated heterocycles. The zero-order valence-corrected chi connectivity index (χ0v) is 15.6. The number of aryl methyl sites for hydroxylation is 1. The summed E-state index contributed by atoms with van der Waals surface area (Å²) in [5, 5.41) is 5.12. The van der Waals surface area contributed by atoms with Crippen LogP contribution in [0.3, 0.4) is 0 Å². The summed E-state index contributed by atoms with van der Waals surface area (Å²) in [4.78, 5) is 10.9. The second-order valence-electron chi connectivity index (χ2n) is 5.86. The van der Waals surface area contributed by atoms with E-state index in [2.05, 4.69) is 28.3 Å². The Morgan fingerprint density at radius 2 is 1.81 bits per heavy atom. The standard InChI is InChI=1S/C20H16ClN3OS/c1-13-10-18-19(22-12-23-20(18)26-13)24-16-6-8-17(9-7-16)25-11-14-2-4-15(21)5-3-14/h2-10,12H,11H2,1H3,(H,22,23,24). The van der Waals surface area contributed by atoms with Crippen LogP contribution in [0.1, 0.15) is 10.4 Å². The minimum Gasteiger partial charge on any atom is -0.489 e. The van der Waals surface area contributed by atoms with Crippen LogP contribution in [0.5, 0.6) is 5.75 Å². The van der Waals surface area contributed by atoms with Gasteiger partial charge in [-0.2, -0.15) is 0 Å². The van der Waals surface area contributed by atoms with E-state index in [1.54, 1.807) is 17.7 Å². The van der Waals surface area contributed by atoms with E-state index in [1.165, 1.54) is 4.88 Å². The van der Waals surface area contributed by atoms with E-state index in [4.69, 9.17) is 16.3 Å². The van der Waals surface area contributed by atoms with Crippen LogP contribution in [0.15, 0.2) is 60.9 Å². The summed E-state index contributed by atoms with van der Waals surface area (Å²) in [6.45, 7) is 2.58. The molecule has 0 radical (unpaired) electrons. The molecule has 0 atom stereocenters. The van der Waals surface area contributed by atoms with Gasteiger partial charge in [0.05, 0.1) is 5.39 Å². The van der Waals surface area contributed by atoms with Crippen LogP contribution < -0.4 is 10.1 Å². The van der Waals surface area contributed by atoms with Crippen LogP contribution in [-0.4, -0.2) is 9.97 Å². The van der Waals surface area contributed by atoms with Crippen molar-refractivity contribution in [1.29, 1.82) is 0 Å². The number of benzene rings is 2. The number of nitrogens with one attached hydrogen (secondary N) is 1. The quantitative estimate of drug-likeness (QED) is 0.462. The maximum atomic E-state index is 5.89. The molecule has 4 nitrogen and oxygen atoms in total. The van der Waals surface area contributed by atoms with Crippen molar-refractivity contribution in [2.24, 2.45) is 0 Å². The van der Waals surface area contributed by atoms with Crippen molar-refractivity contribution in [3.8, 4) is 5.75 Å². The Hall–Kier alpha value is -2.63. The highest BCUT2D eigenvalue weighted by Crippen LogP contribution is 2.29. The Morgan fingerprint density at radius 3 is 2.58 bits per heavy atom. The van der Waals surface area contributed by atoms with Gasteiger partial charge in [0.25, 0.3) is 0 Å². The molecule has 0 spiro atoms. The summed E-state index contributed by atoms with van der Waals surface area (Å²) >= 11 is 7.56. The zero-order valence-electron chi connectivity index (χ0n) is 14.1. The fourth-order valence-electron chi connectivity index (χ4n) is 2.59. The first kappa shape index (κ1) is 16.8. The van der Waals surface area contributed by atoms with Crippen molar-refractivity contribution in [2.45, 2.75) is 13.5 Å². The molecule has 0 fully saturated rings. The molecule has 26 heavy (non-hydrogen) atoms. The summed E-state index contributed by atoms with van der Waals surface area (Å²) in [6.07, 6.45) is 1.59. The van der Waals surface area contributed by atoms with Gasteiger partial charge >= 0.3 is 0 Å². The monoisotopic (exact) mass is 381 g/mol. The molecule has 4 aromatic rings. The smallest absolute Gasteiger partial charge is 0.142 e. The topological polar surface area (TPSA) is 47.0 Å². The van der Waals surface area contributed by atoms with Crippen molar-refractivity contribution in [3.05, 3.63) is 76.4 Å². The summed E-state index contributed by atoms with van der Waals surface area (Å²) < 4.78 is 5.82. The molecule has 0 saturated carbocycles. The van der Waals surface area contributed by atoms with Crippen LogP contribution in [0.4, 0.5) is 11.5 Å². The zero-order chi connectivity index (χ0) is 17.9. The van der Waals surface area contributed by atoms with E-state index < -0.39 is 0 Å². The van der Waals surface area contributed by atoms with E-state index in [9.17, 15) is 0 Å². The predicted octanol–water partition coefficient (Wildman–Crippen LogP) is 5.98. The van der Waals surface area contributed by atoms with Gasteiger partial charge in [-0.1, -0.05) is 23.7 Å². The molecule has 0 amide bonds. The SMILES string of the molecule is Cc1cc2c(Nc3ccc(OCc4ccc(Cl)cc4)cc3)ncnc2s1. The Kier molecular flexibility index (Phi) is 4.73. The van der Waals surface area contributed by atoms with E-state index in [0.29, 0.717) is 6.61 Å². The molecule has 6 heteroatoms. The molecule has 0 aliphatic heterocycles. The Morgan fingerprint density at radius 1 is 1.04 bits per heavy atom. The molecular weight excluding hydrogens is 366 g/mol. The third-order valence-electron chi connectivity index (χ3n) is 3.89. The summed E-state index contributed by atoms with van der Waals surface area (Å²) in [5.41, 5.74) is 2.03. The molecule has 130 valence electrons. The van der Waals surface area contributed by atoms with Crippen molar-refractivity contribution >= 4 is 44.7 Å². The van der Waals surface area contributed by atoms with E-state index in [-0.39, 0.29) is 0 Å². The molecule has 2 aromatic heterocycles. The molecule has 2 aromatic carbocycles. The molecular formula is C20H16ClN3OS. The number of aromatic nitrogens is 2. The first-order valence-electron chi connectivity index (χ1n) is 8.13. The van der Waals surface area contributed by atoms with Crippen molar-refractivity contribution in [1.82, 2.24) is 9.97 Å². The first-order valence-corrected chi connectivity index (χ1v) is 9.32. The van der Waals surface area contributed by atoms with Crippen molar-refractivity contribution in [3.63, 3.8) is 0 Å². The fraction of sp³-hybridized carbons (Fsp3) is 0.100. The molecule has 0 aliphatic carbocycles. The second-order valence-corrected chi connectivity index (χ2v) is 7.53. The number of rotatable bonds is 5. The van der Waals surface area contributed by atoms with E-state index in [0.717, 1.165) is 38.1 Å². The average Bonchev–Trinajstić information content (AvgIpc) is 3.04. The number of hydrogen-bond acceptors (Lipinski definition) is 5. The lowest BCUT2D eigenvalue weighted by Crippen LogP contribution is -1.97. The van der Waals surface area contributed by atoms with Gasteiger partial charge < -0.3 is 10.1 Å². The number of halogens is 1. The lowest BCUT2D eigenvalue weighted by atomic mass is 10.2. The largest absolute Gasteiger partial charge is 0.489 e. The van der Waals surface area contributed by atoms with Gasteiger partial charge in [0.2, 0.25) is 0 Å². The maximum absolute atomic E-state index is 5.89. The number of nitrogens with zero attached hydrogens (tertiary/aromatic N) is 2. The molecule has 0 aliphatic rings. The highest BCUT2D eigenvalue weighted by Gasteiger charge is 2.07. The molecule has 4 rings (SSSR count). The van der Waals surface area contributed by atoms with Gasteiger partial charge in [-0.25, -0.2) is 9.97 Å². The summed E-state index contributed by atoms with van der Waals surface area (Å²) in [5.74, 6) is 1.62. The minimum absolute atomic E-state index is 0.505. The van der Waals surface area contributed by atoms with Crippen LogP contribution in [0, 0.1) is 6.92 Å². The molecule has 1 N–H and O–H groups in total. The van der Waals surface area contributed by atoms with Crippen LogP contribution >= 0.6 is 22.9 Å². The van der Waals surface area contributed by atoms with Gasteiger partial charge in [0.1, 0.15) is 29.3 Å². The minimum atomic E-state index is 0.505. The summed E-state index contributed by atoms with van der Waals surface area (Å²) in [7, 11) is 0. The third-order valence-corrected chi connectivity index (χ3v) is 5.10. The normalized spacial score (nSPS) is 10.8. The van der Waals surface area contributed by atoms with E-state index in [1.807, 2.05) is 48.5 Å². The highest BCUT2D eigenvalue weighted by atomic mass is 35.5. The number of thiophene rings is 1. The number of anilines is 2. The lowest BCUT2D eigenvalue weighted by molar-refractivity contribution is 0.306. The lowest BCUT2D eigenvalue weighted by Gasteiger charge is -2.09. The van der Waals surface area contributed by atoms with Gasteiger partial charge in [-0.05, 0) is 55.0 Å². The van der Waals surface area contributed by atoms with Gasteiger partial charge in [0.15, 0.2) is 0 Å². The second kappa shape index (κ2) is 7.32. The Bertz CT molecular complexity index is 1030. The van der Waals surface area contributed by atoms with Crippen molar-refractivity contribution < 1.29 is 4.74 Å². The number of hydrogen-bond donors (Lipinski definition) is 1. The Labute approximate surface area is 160 Å². The van der Waals surface area contributed by atoms with Crippen molar-refractivity contribution in [2.75, 3.05) is 5.32 Å². The van der Waals surface area contributed by atoms with Crippen LogP contribution in [-0.2, 0) is 6.61 Å². The molecule has 2 heterocycles. The summed E-state index contributed by atoms with van der Waals surface area (Å²) in [6, 6.07) is 17.6. The van der Waals surface area contributed by atoms with Crippen LogP contribution in [0.25, 0.3) is 10.2 Å².